The zero-order valence-electron chi connectivity index (χ0n) is 20.0. The normalized spacial score (nSPS) is 10.9. The molecular weight excluding hydrogens is 522 g/mol. The molecule has 2 rings (SSSR count). The Morgan fingerprint density at radius 1 is 1.26 bits per heavy atom. The standard InChI is InChI=1S/C23H28BrN5O6/c1-6-11-27(22(31)35-23(3,4)5)16-10-8-9-15(12-16)14-28(21(30)34-7-2)17-13-18(24)26-20(25)19(17)29(32)33/h6,8-10,12-13H,1,7,11,14H2,2-5H3,(H2,25,26). The summed E-state index contributed by atoms with van der Waals surface area (Å²) in [6.07, 6.45) is 0.175. The van der Waals surface area contributed by atoms with Gasteiger partial charge >= 0.3 is 17.9 Å². The molecule has 35 heavy (non-hydrogen) atoms. The fourth-order valence-electron chi connectivity index (χ4n) is 3.09. The van der Waals surface area contributed by atoms with Gasteiger partial charge in [0.2, 0.25) is 5.82 Å². The maximum atomic E-state index is 12.8. The molecule has 0 aliphatic rings. The molecular formula is C23H28BrN5O6. The van der Waals surface area contributed by atoms with E-state index in [-0.39, 0.29) is 35.8 Å². The van der Waals surface area contributed by atoms with Crippen LogP contribution < -0.4 is 15.5 Å². The van der Waals surface area contributed by atoms with Gasteiger partial charge in [-0.1, -0.05) is 18.2 Å². The monoisotopic (exact) mass is 549 g/mol. The van der Waals surface area contributed by atoms with Gasteiger partial charge in [-0.2, -0.15) is 0 Å². The predicted molar refractivity (Wildman–Crippen MR) is 136 cm³/mol. The number of pyridine rings is 1. The summed E-state index contributed by atoms with van der Waals surface area (Å²) in [6, 6.07) is 8.10. The van der Waals surface area contributed by atoms with Crippen LogP contribution in [0.1, 0.15) is 33.3 Å². The second-order valence-corrected chi connectivity index (χ2v) is 9.10. The maximum Gasteiger partial charge on any atom is 0.415 e. The molecule has 1 heterocycles. The van der Waals surface area contributed by atoms with E-state index in [9.17, 15) is 19.7 Å². The van der Waals surface area contributed by atoms with E-state index in [1.165, 1.54) is 11.0 Å². The van der Waals surface area contributed by atoms with Gasteiger partial charge in [-0.05, 0) is 61.3 Å². The second kappa shape index (κ2) is 11.6. The van der Waals surface area contributed by atoms with Crippen LogP contribution in [0.5, 0.6) is 0 Å². The first-order valence-corrected chi connectivity index (χ1v) is 11.4. The number of ether oxygens (including phenoxy) is 2. The number of nitrogens with zero attached hydrogens (tertiary/aromatic N) is 4. The van der Waals surface area contributed by atoms with Crippen molar-refractivity contribution >= 4 is 51.0 Å². The molecule has 0 bridgehead atoms. The lowest BCUT2D eigenvalue weighted by Crippen LogP contribution is -2.37. The van der Waals surface area contributed by atoms with Crippen molar-refractivity contribution in [2.24, 2.45) is 0 Å². The third-order valence-electron chi connectivity index (χ3n) is 4.42. The van der Waals surface area contributed by atoms with Crippen molar-refractivity contribution in [3.63, 3.8) is 0 Å². The van der Waals surface area contributed by atoms with E-state index in [2.05, 4.69) is 27.5 Å². The van der Waals surface area contributed by atoms with E-state index in [1.54, 1.807) is 58.0 Å². The Morgan fingerprint density at radius 2 is 1.94 bits per heavy atom. The van der Waals surface area contributed by atoms with Crippen LogP contribution in [0, 0.1) is 10.1 Å². The van der Waals surface area contributed by atoms with Gasteiger partial charge in [0.1, 0.15) is 15.9 Å². The number of carbonyl (C=O) groups excluding carboxylic acids is 2. The minimum absolute atomic E-state index is 0.0522. The highest BCUT2D eigenvalue weighted by Gasteiger charge is 2.30. The molecule has 1 aromatic carbocycles. The highest BCUT2D eigenvalue weighted by Crippen LogP contribution is 2.36. The van der Waals surface area contributed by atoms with Crippen LogP contribution in [-0.2, 0) is 16.0 Å². The number of nitrogen functional groups attached to an aromatic ring is 1. The molecule has 1 aromatic heterocycles. The van der Waals surface area contributed by atoms with Gasteiger partial charge in [0.25, 0.3) is 0 Å². The van der Waals surface area contributed by atoms with E-state index in [4.69, 9.17) is 15.2 Å². The molecule has 11 nitrogen and oxygen atoms in total. The first kappa shape index (κ1) is 27.6. The number of nitrogens with two attached hydrogens (primary N) is 1. The van der Waals surface area contributed by atoms with Crippen molar-refractivity contribution in [1.29, 1.82) is 0 Å². The Morgan fingerprint density at radius 3 is 2.51 bits per heavy atom. The number of halogens is 1. The van der Waals surface area contributed by atoms with Crippen LogP contribution in [0.15, 0.2) is 47.6 Å². The molecule has 0 saturated heterocycles. The molecule has 0 aliphatic heterocycles. The number of benzene rings is 1. The minimum atomic E-state index is -0.811. The minimum Gasteiger partial charge on any atom is -0.449 e. The van der Waals surface area contributed by atoms with Crippen LogP contribution in [0.3, 0.4) is 0 Å². The number of hydrogen-bond acceptors (Lipinski definition) is 8. The molecule has 0 unspecified atom stereocenters. The molecule has 0 fully saturated rings. The summed E-state index contributed by atoms with van der Waals surface area (Å²) in [7, 11) is 0. The van der Waals surface area contributed by atoms with Crippen LogP contribution >= 0.6 is 15.9 Å². The molecule has 2 N–H and O–H groups in total. The summed E-state index contributed by atoms with van der Waals surface area (Å²) in [6.45, 7) is 10.7. The van der Waals surface area contributed by atoms with Gasteiger partial charge < -0.3 is 15.2 Å². The first-order valence-electron chi connectivity index (χ1n) is 10.6. The molecule has 0 saturated carbocycles. The molecule has 0 radical (unpaired) electrons. The molecule has 2 amide bonds. The molecule has 0 aliphatic carbocycles. The van der Waals surface area contributed by atoms with Crippen molar-refractivity contribution in [1.82, 2.24) is 4.98 Å². The number of anilines is 3. The number of nitro groups is 1. The maximum absolute atomic E-state index is 12.8. The van der Waals surface area contributed by atoms with Crippen LogP contribution in [0.4, 0.5) is 32.5 Å². The quantitative estimate of drug-likeness (QED) is 0.199. The Balaban J connectivity index is 2.53. The summed E-state index contributed by atoms with van der Waals surface area (Å²) >= 11 is 3.17. The van der Waals surface area contributed by atoms with Gasteiger partial charge in [-0.3, -0.25) is 19.9 Å². The van der Waals surface area contributed by atoms with Crippen LogP contribution in [0.25, 0.3) is 0 Å². The smallest absolute Gasteiger partial charge is 0.415 e. The molecule has 0 spiro atoms. The fourth-order valence-corrected chi connectivity index (χ4v) is 3.50. The van der Waals surface area contributed by atoms with Gasteiger partial charge in [-0.25, -0.2) is 14.6 Å². The van der Waals surface area contributed by atoms with Crippen molar-refractivity contribution in [2.45, 2.75) is 39.8 Å². The summed E-state index contributed by atoms with van der Waals surface area (Å²) < 4.78 is 10.8. The highest BCUT2D eigenvalue weighted by atomic mass is 79.9. The van der Waals surface area contributed by atoms with Crippen LogP contribution in [-0.4, -0.2) is 40.8 Å². The average molecular weight is 550 g/mol. The van der Waals surface area contributed by atoms with E-state index in [1.807, 2.05) is 0 Å². The predicted octanol–water partition coefficient (Wildman–Crippen LogP) is 5.43. The molecule has 2 aromatic rings. The van der Waals surface area contributed by atoms with Crippen molar-refractivity contribution in [3.8, 4) is 0 Å². The number of aromatic nitrogens is 1. The van der Waals surface area contributed by atoms with Gasteiger partial charge in [-0.15, -0.1) is 6.58 Å². The number of carbonyl (C=O) groups is 2. The van der Waals surface area contributed by atoms with E-state index in [0.717, 1.165) is 4.90 Å². The van der Waals surface area contributed by atoms with Crippen molar-refractivity contribution in [3.05, 3.63) is 63.3 Å². The SMILES string of the molecule is C=CCN(C(=O)OC(C)(C)C)c1cccc(CN(C(=O)OCC)c2cc(Br)nc(N)c2[N+](=O)[O-])c1. The van der Waals surface area contributed by atoms with Gasteiger partial charge in [0.15, 0.2) is 0 Å². The van der Waals surface area contributed by atoms with Gasteiger partial charge in [0.05, 0.1) is 18.1 Å². The lowest BCUT2D eigenvalue weighted by atomic mass is 10.1. The van der Waals surface area contributed by atoms with E-state index >= 15 is 0 Å². The Kier molecular flexibility index (Phi) is 9.18. The fraction of sp³-hybridized carbons (Fsp3) is 0.348. The third kappa shape index (κ3) is 7.41. The topological polar surface area (TPSA) is 141 Å². The number of rotatable bonds is 8. The van der Waals surface area contributed by atoms with E-state index < -0.39 is 28.4 Å². The summed E-state index contributed by atoms with van der Waals surface area (Å²) in [4.78, 5) is 43.0. The highest BCUT2D eigenvalue weighted by molar-refractivity contribution is 9.10. The van der Waals surface area contributed by atoms with E-state index in [0.29, 0.717) is 11.3 Å². The van der Waals surface area contributed by atoms with Gasteiger partial charge in [0, 0.05) is 18.3 Å². The summed E-state index contributed by atoms with van der Waals surface area (Å²) in [5, 5.41) is 11.7. The Bertz CT molecular complexity index is 1120. The summed E-state index contributed by atoms with van der Waals surface area (Å²) in [5.41, 5.74) is 5.51. The van der Waals surface area contributed by atoms with Crippen LogP contribution in [0.2, 0.25) is 0 Å². The lowest BCUT2D eigenvalue weighted by Gasteiger charge is -2.27. The second-order valence-electron chi connectivity index (χ2n) is 8.29. The number of hydrogen-bond donors (Lipinski definition) is 1. The Labute approximate surface area is 211 Å². The molecule has 188 valence electrons. The zero-order valence-corrected chi connectivity index (χ0v) is 21.6. The summed E-state index contributed by atoms with van der Waals surface area (Å²) in [5.74, 6) is -0.357. The van der Waals surface area contributed by atoms with Crippen molar-refractivity contribution < 1.29 is 24.0 Å². The molecule has 12 heteroatoms. The third-order valence-corrected chi connectivity index (χ3v) is 4.82. The largest absolute Gasteiger partial charge is 0.449 e. The lowest BCUT2D eigenvalue weighted by molar-refractivity contribution is -0.383. The number of amides is 2. The average Bonchev–Trinajstić information content (AvgIpc) is 2.74. The van der Waals surface area contributed by atoms with Crippen molar-refractivity contribution in [2.75, 3.05) is 28.7 Å². The molecule has 0 atom stereocenters. The zero-order chi connectivity index (χ0) is 26.3. The Hall–Kier alpha value is -3.67. The first-order chi connectivity index (χ1) is 16.4.